The van der Waals surface area contributed by atoms with Gasteiger partial charge in [-0.25, -0.2) is 0 Å². The number of hydrogen-bond acceptors (Lipinski definition) is 0. The molecular formula is C17H16. The van der Waals surface area contributed by atoms with Crippen LogP contribution >= 0.6 is 0 Å². The number of fused-ring (bicyclic) bond motifs is 1. The molecule has 0 heteroatoms. The molecule has 1 aliphatic carbocycles. The molecule has 0 heterocycles. The molecule has 17 heavy (non-hydrogen) atoms. The highest BCUT2D eigenvalue weighted by atomic mass is 14.2. The van der Waals surface area contributed by atoms with Crippen LogP contribution in [0.5, 0.6) is 0 Å². The molecule has 0 atom stereocenters. The van der Waals surface area contributed by atoms with Crippen LogP contribution in [0, 0.1) is 0 Å². The van der Waals surface area contributed by atoms with Gasteiger partial charge in [-0.15, -0.1) is 0 Å². The first-order valence-electron chi connectivity index (χ1n) is 6.24. The molecule has 3 rings (SSSR count). The van der Waals surface area contributed by atoms with Gasteiger partial charge in [0.1, 0.15) is 0 Å². The van der Waals surface area contributed by atoms with Gasteiger partial charge in [0, 0.05) is 0 Å². The lowest BCUT2D eigenvalue weighted by Gasteiger charge is -2.03. The molecule has 2 aromatic rings. The van der Waals surface area contributed by atoms with Crippen molar-refractivity contribution < 1.29 is 0 Å². The van der Waals surface area contributed by atoms with Crippen LogP contribution < -0.4 is 0 Å². The van der Waals surface area contributed by atoms with Gasteiger partial charge in [-0.2, -0.15) is 0 Å². The molecule has 0 bridgehead atoms. The fourth-order valence-corrected chi connectivity index (χ4v) is 2.42. The normalized spacial score (nSPS) is 13.4. The Labute approximate surface area is 103 Å². The third-order valence-corrected chi connectivity index (χ3v) is 3.50. The summed E-state index contributed by atoms with van der Waals surface area (Å²) in [7, 11) is 0. The summed E-state index contributed by atoms with van der Waals surface area (Å²) in [5.41, 5.74) is 7.03. The first-order valence-corrected chi connectivity index (χ1v) is 6.24. The number of benzene rings is 2. The Morgan fingerprint density at radius 2 is 1.71 bits per heavy atom. The van der Waals surface area contributed by atoms with Gasteiger partial charge in [-0.3, -0.25) is 0 Å². The topological polar surface area (TPSA) is 0 Å². The van der Waals surface area contributed by atoms with Crippen LogP contribution in [0.4, 0.5) is 0 Å². The van der Waals surface area contributed by atoms with E-state index in [2.05, 4.69) is 61.5 Å². The molecule has 1 aliphatic rings. The van der Waals surface area contributed by atoms with Gasteiger partial charge in [0.05, 0.1) is 0 Å². The van der Waals surface area contributed by atoms with Crippen molar-refractivity contribution in [2.24, 2.45) is 0 Å². The SMILES string of the molecule is CCc1ccc(C2=Cc3ccccc3C2)cc1. The Balaban J connectivity index is 1.92. The van der Waals surface area contributed by atoms with Crippen LogP contribution in [0.15, 0.2) is 48.5 Å². The van der Waals surface area contributed by atoms with Gasteiger partial charge in [0.15, 0.2) is 0 Å². The number of allylic oxidation sites excluding steroid dienone is 1. The molecule has 0 aliphatic heterocycles. The maximum atomic E-state index is 2.32. The average Bonchev–Trinajstić information content (AvgIpc) is 2.82. The van der Waals surface area contributed by atoms with E-state index in [0.717, 1.165) is 12.8 Å². The first-order chi connectivity index (χ1) is 8.36. The van der Waals surface area contributed by atoms with Gasteiger partial charge >= 0.3 is 0 Å². The average molecular weight is 220 g/mol. The molecule has 0 unspecified atom stereocenters. The van der Waals surface area contributed by atoms with Crippen LogP contribution in [0.3, 0.4) is 0 Å². The van der Waals surface area contributed by atoms with E-state index in [1.165, 1.54) is 27.8 Å². The Bertz CT molecular complexity index is 559. The lowest BCUT2D eigenvalue weighted by molar-refractivity contribution is 1.14. The van der Waals surface area contributed by atoms with Gasteiger partial charge in [-0.1, -0.05) is 61.5 Å². The van der Waals surface area contributed by atoms with Gasteiger partial charge in [0.25, 0.3) is 0 Å². The lowest BCUT2D eigenvalue weighted by Crippen LogP contribution is -1.86. The Kier molecular flexibility index (Phi) is 2.56. The first kappa shape index (κ1) is 10.3. The molecule has 0 saturated carbocycles. The molecule has 0 amide bonds. The number of rotatable bonds is 2. The molecular weight excluding hydrogens is 204 g/mol. The van der Waals surface area contributed by atoms with Crippen LogP contribution in [0.2, 0.25) is 0 Å². The van der Waals surface area contributed by atoms with Crippen molar-refractivity contribution in [1.29, 1.82) is 0 Å². The smallest absolute Gasteiger partial charge is 0.00137 e. The Morgan fingerprint density at radius 3 is 2.41 bits per heavy atom. The molecule has 0 nitrogen and oxygen atoms in total. The minimum atomic E-state index is 1.07. The van der Waals surface area contributed by atoms with Crippen molar-refractivity contribution in [1.82, 2.24) is 0 Å². The van der Waals surface area contributed by atoms with Crippen molar-refractivity contribution in [3.05, 3.63) is 70.8 Å². The van der Waals surface area contributed by atoms with E-state index in [1.54, 1.807) is 0 Å². The second kappa shape index (κ2) is 4.21. The van der Waals surface area contributed by atoms with E-state index < -0.39 is 0 Å². The van der Waals surface area contributed by atoms with E-state index in [0.29, 0.717) is 0 Å². The zero-order valence-corrected chi connectivity index (χ0v) is 10.1. The van der Waals surface area contributed by atoms with E-state index in [1.807, 2.05) is 0 Å². The van der Waals surface area contributed by atoms with Crippen molar-refractivity contribution in [3.63, 3.8) is 0 Å². The van der Waals surface area contributed by atoms with Crippen LogP contribution in [-0.4, -0.2) is 0 Å². The predicted molar refractivity (Wildman–Crippen MR) is 73.8 cm³/mol. The number of aryl methyl sites for hydroxylation is 1. The van der Waals surface area contributed by atoms with E-state index in [4.69, 9.17) is 0 Å². The second-order valence-electron chi connectivity index (χ2n) is 4.60. The molecule has 84 valence electrons. The summed E-state index contributed by atoms with van der Waals surface area (Å²) in [6.07, 6.45) is 4.50. The predicted octanol–water partition coefficient (Wildman–Crippen LogP) is 4.35. The zero-order valence-electron chi connectivity index (χ0n) is 10.1. The molecule has 0 fully saturated rings. The second-order valence-corrected chi connectivity index (χ2v) is 4.60. The third kappa shape index (κ3) is 1.91. The number of hydrogen-bond donors (Lipinski definition) is 0. The highest BCUT2D eigenvalue weighted by Gasteiger charge is 2.12. The summed E-state index contributed by atoms with van der Waals surface area (Å²) < 4.78 is 0. The van der Waals surface area contributed by atoms with Gasteiger partial charge in [-0.05, 0) is 40.7 Å². The van der Waals surface area contributed by atoms with E-state index in [-0.39, 0.29) is 0 Å². The summed E-state index contributed by atoms with van der Waals surface area (Å²) in [5.74, 6) is 0. The van der Waals surface area contributed by atoms with Gasteiger partial charge in [0.2, 0.25) is 0 Å². The summed E-state index contributed by atoms with van der Waals surface area (Å²) in [6.45, 7) is 2.19. The minimum absolute atomic E-state index is 1.07. The van der Waals surface area contributed by atoms with Crippen LogP contribution in [0.25, 0.3) is 11.6 Å². The van der Waals surface area contributed by atoms with Crippen molar-refractivity contribution in [2.75, 3.05) is 0 Å². The van der Waals surface area contributed by atoms with Gasteiger partial charge < -0.3 is 0 Å². The summed E-state index contributed by atoms with van der Waals surface area (Å²) in [6, 6.07) is 17.6. The lowest BCUT2D eigenvalue weighted by atomic mass is 10.0. The highest BCUT2D eigenvalue weighted by Crippen LogP contribution is 2.31. The van der Waals surface area contributed by atoms with Crippen LogP contribution in [0.1, 0.15) is 29.2 Å². The molecule has 0 N–H and O–H groups in total. The quantitative estimate of drug-likeness (QED) is 0.706. The maximum absolute atomic E-state index is 2.32. The summed E-state index contributed by atoms with van der Waals surface area (Å²) in [5, 5.41) is 0. The Hall–Kier alpha value is -1.82. The molecule has 0 radical (unpaired) electrons. The summed E-state index contributed by atoms with van der Waals surface area (Å²) in [4.78, 5) is 0. The zero-order chi connectivity index (χ0) is 11.7. The molecule has 0 saturated heterocycles. The minimum Gasteiger partial charge on any atom is -0.0619 e. The van der Waals surface area contributed by atoms with Crippen LogP contribution in [-0.2, 0) is 12.8 Å². The van der Waals surface area contributed by atoms with Crippen molar-refractivity contribution in [3.8, 4) is 0 Å². The van der Waals surface area contributed by atoms with E-state index in [9.17, 15) is 0 Å². The standard InChI is InChI=1S/C17H16/c1-2-13-7-9-14(10-8-13)17-11-15-5-3-4-6-16(15)12-17/h3-11H,2,12H2,1H3. The molecule has 2 aromatic carbocycles. The maximum Gasteiger partial charge on any atom is -0.00137 e. The fraction of sp³-hybridized carbons (Fsp3) is 0.176. The monoisotopic (exact) mass is 220 g/mol. The molecule has 0 spiro atoms. The highest BCUT2D eigenvalue weighted by molar-refractivity contribution is 5.88. The largest absolute Gasteiger partial charge is 0.0619 e. The van der Waals surface area contributed by atoms with Crippen molar-refractivity contribution in [2.45, 2.75) is 19.8 Å². The molecule has 0 aromatic heterocycles. The van der Waals surface area contributed by atoms with Crippen molar-refractivity contribution >= 4 is 11.6 Å². The Morgan fingerprint density at radius 1 is 0.941 bits per heavy atom. The fourth-order valence-electron chi connectivity index (χ4n) is 2.42. The third-order valence-electron chi connectivity index (χ3n) is 3.50. The summed E-state index contributed by atoms with van der Waals surface area (Å²) >= 11 is 0. The van der Waals surface area contributed by atoms with E-state index >= 15 is 0 Å².